The molecule has 0 saturated carbocycles. The van der Waals surface area contributed by atoms with Gasteiger partial charge >= 0.3 is 0 Å². The first kappa shape index (κ1) is 31.3. The number of ether oxygens (including phenoxy) is 2. The van der Waals surface area contributed by atoms with E-state index in [0.29, 0.717) is 39.3 Å². The molecule has 0 aliphatic rings. The molecule has 0 aliphatic heterocycles. The van der Waals surface area contributed by atoms with Crippen LogP contribution in [0.2, 0.25) is 5.02 Å². The molecule has 0 unspecified atom stereocenters. The molecule has 2 N–H and O–H groups in total. The maximum absolute atomic E-state index is 12.2. The first-order chi connectivity index (χ1) is 18.7. The second-order valence-electron chi connectivity index (χ2n) is 8.53. The third-order valence-corrected chi connectivity index (χ3v) is 6.04. The third-order valence-electron chi connectivity index (χ3n) is 5.65. The summed E-state index contributed by atoms with van der Waals surface area (Å²) < 4.78 is 11.1. The SMILES string of the molecule is C=CC(=O)Nc1cc(Nc2ncnc(-c3cc(Cl)c(C)c(OC)c3)n2)c(OC)cc1N(C)CCN(C)C.CC. The number of carbonyl (C=O) groups is 1. The number of hydrogen-bond donors (Lipinski definition) is 2. The van der Waals surface area contributed by atoms with Gasteiger partial charge in [0.25, 0.3) is 0 Å². The largest absolute Gasteiger partial charge is 0.496 e. The van der Waals surface area contributed by atoms with Gasteiger partial charge in [-0.3, -0.25) is 4.79 Å². The number of rotatable bonds is 11. The molecule has 0 fully saturated rings. The number of anilines is 4. The lowest BCUT2D eigenvalue weighted by Crippen LogP contribution is -2.29. The minimum Gasteiger partial charge on any atom is -0.496 e. The molecule has 2 aromatic carbocycles. The highest BCUT2D eigenvalue weighted by Crippen LogP contribution is 2.38. The summed E-state index contributed by atoms with van der Waals surface area (Å²) in [5, 5.41) is 6.60. The van der Waals surface area contributed by atoms with Crippen molar-refractivity contribution in [2.24, 2.45) is 0 Å². The van der Waals surface area contributed by atoms with Crippen LogP contribution in [0.1, 0.15) is 19.4 Å². The average molecular weight is 556 g/mol. The highest BCUT2D eigenvalue weighted by Gasteiger charge is 2.17. The van der Waals surface area contributed by atoms with Crippen molar-refractivity contribution in [1.82, 2.24) is 19.9 Å². The van der Waals surface area contributed by atoms with Crippen LogP contribution >= 0.6 is 11.6 Å². The van der Waals surface area contributed by atoms with Crippen molar-refractivity contribution >= 4 is 40.5 Å². The number of nitrogens with one attached hydrogen (secondary N) is 2. The van der Waals surface area contributed by atoms with Crippen LogP contribution in [0.15, 0.2) is 43.2 Å². The first-order valence-corrected chi connectivity index (χ1v) is 12.9. The number of methoxy groups -OCH3 is 2. The third kappa shape index (κ3) is 8.30. The van der Waals surface area contributed by atoms with Gasteiger partial charge in [-0.1, -0.05) is 32.0 Å². The number of nitrogens with zero attached hydrogens (tertiary/aromatic N) is 5. The Kier molecular flexibility index (Phi) is 12.0. The van der Waals surface area contributed by atoms with E-state index < -0.39 is 0 Å². The molecule has 3 aromatic rings. The second-order valence-corrected chi connectivity index (χ2v) is 8.94. The molecule has 10 nitrogen and oxygen atoms in total. The predicted molar refractivity (Wildman–Crippen MR) is 160 cm³/mol. The van der Waals surface area contributed by atoms with Gasteiger partial charge in [-0.2, -0.15) is 4.98 Å². The Labute approximate surface area is 236 Å². The second kappa shape index (κ2) is 14.9. The zero-order valence-corrected chi connectivity index (χ0v) is 24.7. The average Bonchev–Trinajstić information content (AvgIpc) is 2.94. The Balaban J connectivity index is 0.00000260. The van der Waals surface area contributed by atoms with Crippen molar-refractivity contribution < 1.29 is 14.3 Å². The van der Waals surface area contributed by atoms with E-state index in [0.717, 1.165) is 24.3 Å². The summed E-state index contributed by atoms with van der Waals surface area (Å²) in [5.74, 6) is 1.55. The maximum Gasteiger partial charge on any atom is 0.247 e. The zero-order chi connectivity index (χ0) is 29.1. The van der Waals surface area contributed by atoms with Gasteiger partial charge in [0.15, 0.2) is 5.82 Å². The lowest BCUT2D eigenvalue weighted by Gasteiger charge is -2.26. The van der Waals surface area contributed by atoms with Crippen molar-refractivity contribution in [1.29, 1.82) is 0 Å². The van der Waals surface area contributed by atoms with E-state index in [9.17, 15) is 4.79 Å². The topological polar surface area (TPSA) is 105 Å². The Morgan fingerprint density at radius 2 is 1.72 bits per heavy atom. The van der Waals surface area contributed by atoms with E-state index in [1.807, 2.05) is 58.9 Å². The van der Waals surface area contributed by atoms with E-state index in [1.165, 1.54) is 12.4 Å². The fourth-order valence-corrected chi connectivity index (χ4v) is 3.73. The molecule has 0 saturated heterocycles. The number of amides is 1. The zero-order valence-electron chi connectivity index (χ0n) is 23.9. The van der Waals surface area contributed by atoms with Crippen LogP contribution in [0.5, 0.6) is 11.5 Å². The van der Waals surface area contributed by atoms with Crippen molar-refractivity contribution in [2.75, 3.05) is 64.0 Å². The monoisotopic (exact) mass is 555 g/mol. The van der Waals surface area contributed by atoms with E-state index >= 15 is 0 Å². The van der Waals surface area contributed by atoms with Crippen LogP contribution in [-0.4, -0.2) is 74.2 Å². The molecule has 0 spiro atoms. The standard InChI is InChI=1S/C26H32ClN7O3.C2H6/c1-8-24(35)30-19-13-20(23(37-7)14-21(19)34(5)10-9-33(3)4)31-26-29-15-28-25(32-26)17-11-18(27)16(2)22(12-17)36-6;1-2/h8,11-15H,1,9-10H2,2-7H3,(H,30,35)(H,28,29,31,32);1-2H3. The molecule has 210 valence electrons. The Morgan fingerprint density at radius 1 is 1.03 bits per heavy atom. The molecule has 11 heteroatoms. The summed E-state index contributed by atoms with van der Waals surface area (Å²) in [7, 11) is 9.12. The number of benzene rings is 2. The van der Waals surface area contributed by atoms with Crippen LogP contribution in [0, 0.1) is 6.92 Å². The highest BCUT2D eigenvalue weighted by molar-refractivity contribution is 6.31. The molecule has 39 heavy (non-hydrogen) atoms. The summed E-state index contributed by atoms with van der Waals surface area (Å²) in [6.45, 7) is 11.0. The van der Waals surface area contributed by atoms with Gasteiger partial charge in [0.2, 0.25) is 11.9 Å². The molecule has 0 aliphatic carbocycles. The lowest BCUT2D eigenvalue weighted by atomic mass is 10.1. The van der Waals surface area contributed by atoms with Gasteiger partial charge in [0.05, 0.1) is 31.3 Å². The van der Waals surface area contributed by atoms with E-state index in [1.54, 1.807) is 26.4 Å². The normalized spacial score (nSPS) is 10.3. The summed E-state index contributed by atoms with van der Waals surface area (Å²) in [6.07, 6.45) is 2.63. The molecule has 0 atom stereocenters. The molecule has 1 aromatic heterocycles. The summed E-state index contributed by atoms with van der Waals surface area (Å²) >= 11 is 6.38. The lowest BCUT2D eigenvalue weighted by molar-refractivity contribution is -0.111. The summed E-state index contributed by atoms with van der Waals surface area (Å²) in [4.78, 5) is 29.4. The van der Waals surface area contributed by atoms with Crippen LogP contribution in [0.25, 0.3) is 11.4 Å². The number of hydrogen-bond acceptors (Lipinski definition) is 9. The fourth-order valence-electron chi connectivity index (χ4n) is 3.52. The number of likely N-dealkylation sites (N-methyl/N-ethyl adjacent to an activating group) is 2. The van der Waals surface area contributed by atoms with Gasteiger partial charge < -0.3 is 29.9 Å². The Hall–Kier alpha value is -3.89. The Morgan fingerprint density at radius 3 is 2.33 bits per heavy atom. The van der Waals surface area contributed by atoms with Gasteiger partial charge in [0, 0.05) is 42.4 Å². The first-order valence-electron chi connectivity index (χ1n) is 12.5. The fraction of sp³-hybridized carbons (Fsp3) is 0.357. The summed E-state index contributed by atoms with van der Waals surface area (Å²) in [5.41, 5.74) is 3.44. The molecule has 0 bridgehead atoms. The smallest absolute Gasteiger partial charge is 0.247 e. The summed E-state index contributed by atoms with van der Waals surface area (Å²) in [6, 6.07) is 7.23. The van der Waals surface area contributed by atoms with Crippen LogP contribution in [0.3, 0.4) is 0 Å². The number of carbonyl (C=O) groups excluding carboxylic acids is 1. The van der Waals surface area contributed by atoms with Gasteiger partial charge in [0.1, 0.15) is 17.8 Å². The van der Waals surface area contributed by atoms with Crippen molar-refractivity contribution in [3.05, 3.63) is 53.8 Å². The minimum atomic E-state index is -0.328. The Bertz CT molecular complexity index is 1280. The maximum atomic E-state index is 12.2. The molecular weight excluding hydrogens is 518 g/mol. The van der Waals surface area contributed by atoms with Crippen molar-refractivity contribution in [3.8, 4) is 22.9 Å². The molecular formula is C28H38ClN7O3. The molecule has 3 rings (SSSR count). The van der Waals surface area contributed by atoms with E-state index in [2.05, 4.69) is 37.1 Å². The van der Waals surface area contributed by atoms with Crippen molar-refractivity contribution in [3.63, 3.8) is 0 Å². The van der Waals surface area contributed by atoms with Crippen LogP contribution < -0.4 is 25.0 Å². The van der Waals surface area contributed by atoms with Crippen LogP contribution in [0.4, 0.5) is 23.0 Å². The van der Waals surface area contributed by atoms with Crippen molar-refractivity contribution in [2.45, 2.75) is 20.8 Å². The predicted octanol–water partition coefficient (Wildman–Crippen LogP) is 5.41. The van der Waals surface area contributed by atoms with Gasteiger partial charge in [-0.15, -0.1) is 0 Å². The number of halogens is 1. The quantitative estimate of drug-likeness (QED) is 0.300. The minimum absolute atomic E-state index is 0.286. The van der Waals surface area contributed by atoms with Crippen LogP contribution in [-0.2, 0) is 4.79 Å². The van der Waals surface area contributed by atoms with E-state index in [-0.39, 0.29) is 11.9 Å². The van der Waals surface area contributed by atoms with E-state index in [4.69, 9.17) is 21.1 Å². The molecule has 1 heterocycles. The van der Waals surface area contributed by atoms with Gasteiger partial charge in [-0.25, -0.2) is 9.97 Å². The molecule has 1 amide bonds. The molecule has 0 radical (unpaired) electrons. The number of aromatic nitrogens is 3. The van der Waals surface area contributed by atoms with Gasteiger partial charge in [-0.05, 0) is 45.3 Å². The highest BCUT2D eigenvalue weighted by atomic mass is 35.5.